The molecular weight excluding hydrogens is 286 g/mol. The first-order valence-electron chi connectivity index (χ1n) is 8.18. The number of carbonyl (C=O) groups is 1. The predicted octanol–water partition coefficient (Wildman–Crippen LogP) is 2.33. The molecule has 0 unspecified atom stereocenters. The van der Waals surface area contributed by atoms with Gasteiger partial charge in [-0.05, 0) is 42.2 Å². The third-order valence-electron chi connectivity index (χ3n) is 4.33. The maximum atomic E-state index is 12.1. The number of benzene rings is 2. The van der Waals surface area contributed by atoms with Crippen LogP contribution in [0, 0.1) is 0 Å². The van der Waals surface area contributed by atoms with Gasteiger partial charge in [0.15, 0.2) is 0 Å². The number of carbonyl (C=O) groups excluding carboxylic acids is 1. The summed E-state index contributed by atoms with van der Waals surface area (Å²) < 4.78 is 0. The molecule has 0 bridgehead atoms. The molecule has 0 aromatic heterocycles. The van der Waals surface area contributed by atoms with E-state index in [1.807, 2.05) is 24.3 Å². The number of nitrogens with one attached hydrogen (secondary N) is 1. The van der Waals surface area contributed by atoms with Crippen molar-refractivity contribution in [2.75, 3.05) is 24.5 Å². The summed E-state index contributed by atoms with van der Waals surface area (Å²) in [5.41, 5.74) is 10.1. The Morgan fingerprint density at radius 2 is 1.91 bits per heavy atom. The first-order chi connectivity index (χ1) is 11.3. The van der Waals surface area contributed by atoms with Gasteiger partial charge in [-0.25, -0.2) is 0 Å². The van der Waals surface area contributed by atoms with Gasteiger partial charge in [-0.1, -0.05) is 30.3 Å². The van der Waals surface area contributed by atoms with Crippen molar-refractivity contribution in [1.29, 1.82) is 0 Å². The highest BCUT2D eigenvalue weighted by molar-refractivity contribution is 5.94. The Kier molecular flexibility index (Phi) is 4.93. The number of nitrogens with two attached hydrogens (primary N) is 1. The third-order valence-corrected chi connectivity index (χ3v) is 4.33. The zero-order chi connectivity index (χ0) is 16.1. The van der Waals surface area contributed by atoms with Gasteiger partial charge < -0.3 is 16.0 Å². The van der Waals surface area contributed by atoms with Gasteiger partial charge >= 0.3 is 0 Å². The predicted molar refractivity (Wildman–Crippen MR) is 93.6 cm³/mol. The quantitative estimate of drug-likeness (QED) is 0.805. The molecule has 2 aromatic carbocycles. The number of rotatable bonds is 6. The Hall–Kier alpha value is -2.33. The number of nitrogens with zero attached hydrogens (tertiary/aromatic N) is 1. The summed E-state index contributed by atoms with van der Waals surface area (Å²) in [5.74, 6) is -0.0182. The number of amides is 1. The van der Waals surface area contributed by atoms with Gasteiger partial charge in [-0.2, -0.15) is 0 Å². The van der Waals surface area contributed by atoms with Crippen LogP contribution >= 0.6 is 0 Å². The highest BCUT2D eigenvalue weighted by Crippen LogP contribution is 2.27. The Balaban J connectivity index is 1.44. The molecule has 4 nitrogen and oxygen atoms in total. The smallest absolute Gasteiger partial charge is 0.251 e. The van der Waals surface area contributed by atoms with Crippen molar-refractivity contribution in [2.24, 2.45) is 5.73 Å². The maximum absolute atomic E-state index is 12.1. The van der Waals surface area contributed by atoms with Crippen molar-refractivity contribution in [3.8, 4) is 0 Å². The molecule has 0 radical (unpaired) electrons. The number of anilines is 1. The first-order valence-corrected chi connectivity index (χ1v) is 8.18. The average Bonchev–Trinajstić information content (AvgIpc) is 3.02. The summed E-state index contributed by atoms with van der Waals surface area (Å²) in [7, 11) is 0. The summed E-state index contributed by atoms with van der Waals surface area (Å²) in [6, 6.07) is 16.0. The van der Waals surface area contributed by atoms with Gasteiger partial charge in [0.1, 0.15) is 0 Å². The first kappa shape index (κ1) is 15.6. The Morgan fingerprint density at radius 1 is 1.13 bits per heavy atom. The monoisotopic (exact) mass is 309 g/mol. The van der Waals surface area contributed by atoms with E-state index in [9.17, 15) is 4.79 Å². The standard InChI is InChI=1S/C19H23N3O/c20-14-15-6-8-17(9-7-15)19(23)21-11-3-12-22-13-10-16-4-1-2-5-18(16)22/h1-2,4-9H,3,10-14,20H2,(H,21,23). The Morgan fingerprint density at radius 3 is 2.70 bits per heavy atom. The second kappa shape index (κ2) is 7.29. The van der Waals surface area contributed by atoms with Crippen LogP contribution < -0.4 is 16.0 Å². The third kappa shape index (κ3) is 3.71. The molecule has 23 heavy (non-hydrogen) atoms. The molecule has 1 heterocycles. The van der Waals surface area contributed by atoms with Crippen molar-refractivity contribution in [3.05, 3.63) is 65.2 Å². The second-order valence-corrected chi connectivity index (χ2v) is 5.88. The molecule has 0 fully saturated rings. The minimum absolute atomic E-state index is 0.0182. The molecule has 2 aromatic rings. The van der Waals surface area contributed by atoms with Gasteiger partial charge in [0.25, 0.3) is 5.91 Å². The highest BCUT2D eigenvalue weighted by Gasteiger charge is 2.17. The second-order valence-electron chi connectivity index (χ2n) is 5.88. The van der Waals surface area contributed by atoms with E-state index in [1.165, 1.54) is 11.3 Å². The van der Waals surface area contributed by atoms with E-state index in [-0.39, 0.29) is 5.91 Å². The zero-order valence-electron chi connectivity index (χ0n) is 13.3. The molecule has 0 spiro atoms. The van der Waals surface area contributed by atoms with E-state index in [1.54, 1.807) is 0 Å². The van der Waals surface area contributed by atoms with Gasteiger partial charge in [0.05, 0.1) is 0 Å². The lowest BCUT2D eigenvalue weighted by molar-refractivity contribution is 0.0953. The van der Waals surface area contributed by atoms with Crippen LogP contribution in [0.3, 0.4) is 0 Å². The number of para-hydroxylation sites is 1. The topological polar surface area (TPSA) is 58.4 Å². The van der Waals surface area contributed by atoms with Crippen LogP contribution in [0.25, 0.3) is 0 Å². The largest absolute Gasteiger partial charge is 0.371 e. The Bertz CT molecular complexity index is 667. The van der Waals surface area contributed by atoms with Crippen molar-refractivity contribution in [2.45, 2.75) is 19.4 Å². The molecule has 1 aliphatic rings. The van der Waals surface area contributed by atoms with Crippen LogP contribution in [-0.2, 0) is 13.0 Å². The molecule has 3 rings (SSSR count). The van der Waals surface area contributed by atoms with Gasteiger partial charge in [0.2, 0.25) is 0 Å². The maximum Gasteiger partial charge on any atom is 0.251 e. The molecular formula is C19H23N3O. The fourth-order valence-corrected chi connectivity index (χ4v) is 3.00. The summed E-state index contributed by atoms with van der Waals surface area (Å²) in [5, 5.41) is 2.99. The van der Waals surface area contributed by atoms with Crippen LogP contribution in [-0.4, -0.2) is 25.5 Å². The molecule has 4 heteroatoms. The van der Waals surface area contributed by atoms with E-state index in [4.69, 9.17) is 5.73 Å². The minimum atomic E-state index is -0.0182. The normalized spacial score (nSPS) is 13.0. The molecule has 120 valence electrons. The molecule has 0 atom stereocenters. The van der Waals surface area contributed by atoms with Gasteiger partial charge in [-0.15, -0.1) is 0 Å². The van der Waals surface area contributed by atoms with E-state index >= 15 is 0 Å². The molecule has 3 N–H and O–H groups in total. The van der Waals surface area contributed by atoms with Crippen LogP contribution in [0.4, 0.5) is 5.69 Å². The van der Waals surface area contributed by atoms with Crippen molar-refractivity contribution in [1.82, 2.24) is 5.32 Å². The van der Waals surface area contributed by atoms with Crippen molar-refractivity contribution < 1.29 is 4.79 Å². The van der Waals surface area contributed by atoms with Gasteiger partial charge in [0, 0.05) is 37.4 Å². The van der Waals surface area contributed by atoms with Crippen molar-refractivity contribution >= 4 is 11.6 Å². The Labute approximate surface area is 137 Å². The lowest BCUT2D eigenvalue weighted by atomic mass is 10.1. The highest BCUT2D eigenvalue weighted by atomic mass is 16.1. The fourth-order valence-electron chi connectivity index (χ4n) is 3.00. The summed E-state index contributed by atoms with van der Waals surface area (Å²) in [4.78, 5) is 14.5. The lowest BCUT2D eigenvalue weighted by Gasteiger charge is -2.19. The number of hydrogen-bond acceptors (Lipinski definition) is 3. The molecule has 0 aliphatic carbocycles. The molecule has 0 saturated heterocycles. The van der Waals surface area contributed by atoms with E-state index in [0.29, 0.717) is 18.7 Å². The van der Waals surface area contributed by atoms with Crippen LogP contribution in [0.15, 0.2) is 48.5 Å². The SMILES string of the molecule is NCc1ccc(C(=O)NCCCN2CCc3ccccc32)cc1. The fraction of sp³-hybridized carbons (Fsp3) is 0.316. The summed E-state index contributed by atoms with van der Waals surface area (Å²) in [6.07, 6.45) is 2.07. The van der Waals surface area contributed by atoms with Gasteiger partial charge in [-0.3, -0.25) is 4.79 Å². The molecule has 1 aliphatic heterocycles. The average molecular weight is 309 g/mol. The summed E-state index contributed by atoms with van der Waals surface area (Å²) >= 11 is 0. The van der Waals surface area contributed by atoms with Crippen LogP contribution in [0.5, 0.6) is 0 Å². The molecule has 1 amide bonds. The van der Waals surface area contributed by atoms with Crippen molar-refractivity contribution in [3.63, 3.8) is 0 Å². The minimum Gasteiger partial charge on any atom is -0.371 e. The zero-order valence-corrected chi connectivity index (χ0v) is 13.3. The van der Waals surface area contributed by atoms with E-state index in [0.717, 1.165) is 31.5 Å². The molecule has 0 saturated carbocycles. The number of hydrogen-bond donors (Lipinski definition) is 2. The van der Waals surface area contributed by atoms with Crippen LogP contribution in [0.2, 0.25) is 0 Å². The van der Waals surface area contributed by atoms with E-state index in [2.05, 4.69) is 34.5 Å². The summed E-state index contributed by atoms with van der Waals surface area (Å²) in [6.45, 7) is 3.24. The lowest BCUT2D eigenvalue weighted by Crippen LogP contribution is -2.29. The number of fused-ring (bicyclic) bond motifs is 1. The van der Waals surface area contributed by atoms with Crippen LogP contribution in [0.1, 0.15) is 27.9 Å². The van der Waals surface area contributed by atoms with E-state index < -0.39 is 0 Å².